The fraction of sp³-hybridized carbons (Fsp3) is 0.259. The summed E-state index contributed by atoms with van der Waals surface area (Å²) in [5.41, 5.74) is 3.99. The third-order valence-corrected chi connectivity index (χ3v) is 7.64. The highest BCUT2D eigenvalue weighted by atomic mass is 32.1. The summed E-state index contributed by atoms with van der Waals surface area (Å²) in [4.78, 5) is 35.6. The summed E-state index contributed by atoms with van der Waals surface area (Å²) in [5, 5.41) is 3.10. The molecule has 0 aliphatic carbocycles. The molecule has 4 aromatic rings. The molecule has 172 valence electrons. The zero-order valence-corrected chi connectivity index (χ0v) is 19.7. The van der Waals surface area contributed by atoms with Crippen LogP contribution in [-0.4, -0.2) is 45.8 Å². The average molecular weight is 472 g/mol. The monoisotopic (exact) mass is 471 g/mol. The van der Waals surface area contributed by atoms with Crippen molar-refractivity contribution < 1.29 is 14.3 Å². The molecule has 6 nitrogen and oxygen atoms in total. The van der Waals surface area contributed by atoms with Crippen molar-refractivity contribution in [2.75, 3.05) is 13.2 Å². The summed E-state index contributed by atoms with van der Waals surface area (Å²) >= 11 is 1.61. The Balaban J connectivity index is 1.50. The molecule has 1 saturated heterocycles. The van der Waals surface area contributed by atoms with E-state index in [9.17, 15) is 9.59 Å². The predicted octanol–water partition coefficient (Wildman–Crippen LogP) is 4.51. The second-order valence-electron chi connectivity index (χ2n) is 8.73. The van der Waals surface area contributed by atoms with Crippen LogP contribution in [0.5, 0.6) is 5.75 Å². The van der Waals surface area contributed by atoms with Gasteiger partial charge in [-0.2, -0.15) is 0 Å². The van der Waals surface area contributed by atoms with Gasteiger partial charge in [0.1, 0.15) is 24.4 Å². The number of carbonyl (C=O) groups excluding carboxylic acids is 2. The van der Waals surface area contributed by atoms with Gasteiger partial charge in [-0.1, -0.05) is 42.5 Å². The van der Waals surface area contributed by atoms with Crippen LogP contribution >= 0.6 is 11.3 Å². The Bertz CT molecular complexity index is 1380. The molecule has 2 amide bonds. The number of benzene rings is 2. The standard InChI is InChI=1S/C27H25N3O3S/c1-2-33-23-12-6-4-10-19(23)26-25-20(18-9-3-5-11-21(18)28-25)14-22-27(32)29(16-24(31)30(22)26)15-17-8-7-13-34-17/h3-13,22,26,28H,2,14-16H2,1H3/t22-,26?/m0/s1. The molecule has 0 bridgehead atoms. The third kappa shape index (κ3) is 3.30. The van der Waals surface area contributed by atoms with Gasteiger partial charge in [-0.25, -0.2) is 0 Å². The van der Waals surface area contributed by atoms with Gasteiger partial charge >= 0.3 is 0 Å². The highest BCUT2D eigenvalue weighted by Gasteiger charge is 2.48. The molecule has 7 heteroatoms. The zero-order valence-electron chi connectivity index (χ0n) is 18.9. The van der Waals surface area contributed by atoms with Crippen LogP contribution < -0.4 is 4.74 Å². The number of amides is 2. The van der Waals surface area contributed by atoms with Gasteiger partial charge in [0.05, 0.1) is 13.2 Å². The van der Waals surface area contributed by atoms with Crippen molar-refractivity contribution in [2.24, 2.45) is 0 Å². The van der Waals surface area contributed by atoms with Crippen molar-refractivity contribution in [1.82, 2.24) is 14.8 Å². The van der Waals surface area contributed by atoms with E-state index in [4.69, 9.17) is 4.74 Å². The van der Waals surface area contributed by atoms with E-state index >= 15 is 0 Å². The molecule has 4 heterocycles. The van der Waals surface area contributed by atoms with Crippen LogP contribution in [0.15, 0.2) is 66.0 Å². The molecule has 2 aliphatic rings. The van der Waals surface area contributed by atoms with Gasteiger partial charge in [-0.3, -0.25) is 9.59 Å². The lowest BCUT2D eigenvalue weighted by Gasteiger charge is -2.47. The van der Waals surface area contributed by atoms with Gasteiger partial charge in [0.2, 0.25) is 11.8 Å². The minimum Gasteiger partial charge on any atom is -0.494 e. The third-order valence-electron chi connectivity index (χ3n) is 6.78. The Morgan fingerprint density at radius 2 is 1.88 bits per heavy atom. The number of aromatic amines is 1. The second-order valence-corrected chi connectivity index (χ2v) is 9.76. The first-order valence-corrected chi connectivity index (χ1v) is 12.5. The van der Waals surface area contributed by atoms with Crippen LogP contribution in [0, 0.1) is 0 Å². The first kappa shape index (κ1) is 21.0. The number of nitrogens with one attached hydrogen (secondary N) is 1. The summed E-state index contributed by atoms with van der Waals surface area (Å²) in [6, 6.07) is 19.0. The molecule has 2 aromatic heterocycles. The number of carbonyl (C=O) groups is 2. The summed E-state index contributed by atoms with van der Waals surface area (Å²) in [5.74, 6) is 0.700. The Morgan fingerprint density at radius 3 is 2.71 bits per heavy atom. The lowest BCUT2D eigenvalue weighted by atomic mass is 9.86. The van der Waals surface area contributed by atoms with E-state index in [0.717, 1.165) is 38.4 Å². The minimum absolute atomic E-state index is 0.00261. The van der Waals surface area contributed by atoms with Crippen molar-refractivity contribution in [3.8, 4) is 5.75 Å². The molecule has 1 N–H and O–H groups in total. The highest BCUT2D eigenvalue weighted by Crippen LogP contribution is 2.45. The molecule has 0 spiro atoms. The highest BCUT2D eigenvalue weighted by molar-refractivity contribution is 7.09. The number of para-hydroxylation sites is 2. The van der Waals surface area contributed by atoms with Crippen molar-refractivity contribution >= 4 is 34.1 Å². The Morgan fingerprint density at radius 1 is 1.06 bits per heavy atom. The number of thiophene rings is 1. The fourth-order valence-corrected chi connectivity index (χ4v) is 6.09. The number of hydrogen-bond acceptors (Lipinski definition) is 4. The number of hydrogen-bond donors (Lipinski definition) is 1. The second kappa shape index (κ2) is 8.33. The molecule has 1 fully saturated rings. The van der Waals surface area contributed by atoms with Crippen LogP contribution in [0.25, 0.3) is 10.9 Å². The maximum atomic E-state index is 13.8. The number of H-pyrrole nitrogens is 1. The molecule has 1 unspecified atom stereocenters. The van der Waals surface area contributed by atoms with E-state index in [1.807, 2.05) is 66.9 Å². The first-order valence-electron chi connectivity index (χ1n) is 11.6. The molecule has 0 radical (unpaired) electrons. The topological polar surface area (TPSA) is 65.6 Å². The van der Waals surface area contributed by atoms with Crippen LogP contribution in [0.2, 0.25) is 0 Å². The maximum Gasteiger partial charge on any atom is 0.246 e. The normalized spacial score (nSPS) is 19.9. The number of fused-ring (bicyclic) bond motifs is 4. The van der Waals surface area contributed by atoms with E-state index in [0.29, 0.717) is 19.6 Å². The van der Waals surface area contributed by atoms with Gasteiger partial charge in [-0.05, 0) is 36.1 Å². The lowest BCUT2D eigenvalue weighted by molar-refractivity contribution is -0.159. The minimum atomic E-state index is -0.549. The van der Waals surface area contributed by atoms with Gasteiger partial charge < -0.3 is 19.5 Å². The molecule has 2 atom stereocenters. The van der Waals surface area contributed by atoms with Crippen molar-refractivity contribution in [2.45, 2.75) is 32.0 Å². The summed E-state index contributed by atoms with van der Waals surface area (Å²) in [6.07, 6.45) is 0.498. The Kier molecular flexibility index (Phi) is 5.14. The van der Waals surface area contributed by atoms with Crippen molar-refractivity contribution in [3.05, 3.63) is 87.7 Å². The first-order chi connectivity index (χ1) is 16.7. The van der Waals surface area contributed by atoms with E-state index in [2.05, 4.69) is 11.1 Å². The zero-order chi connectivity index (χ0) is 23.2. The molecule has 34 heavy (non-hydrogen) atoms. The number of piperazine rings is 1. The number of rotatable bonds is 5. The predicted molar refractivity (Wildman–Crippen MR) is 132 cm³/mol. The van der Waals surface area contributed by atoms with E-state index < -0.39 is 12.1 Å². The van der Waals surface area contributed by atoms with E-state index in [1.54, 1.807) is 21.1 Å². The van der Waals surface area contributed by atoms with Gasteiger partial charge in [0.15, 0.2) is 0 Å². The van der Waals surface area contributed by atoms with Crippen LogP contribution in [0.1, 0.15) is 34.7 Å². The number of nitrogens with zero attached hydrogens (tertiary/aromatic N) is 2. The van der Waals surface area contributed by atoms with Gasteiger partial charge in [0.25, 0.3) is 0 Å². The van der Waals surface area contributed by atoms with Crippen LogP contribution in [0.3, 0.4) is 0 Å². The maximum absolute atomic E-state index is 13.8. The van der Waals surface area contributed by atoms with Crippen molar-refractivity contribution in [3.63, 3.8) is 0 Å². The quantitative estimate of drug-likeness (QED) is 0.466. The van der Waals surface area contributed by atoms with Crippen molar-refractivity contribution in [1.29, 1.82) is 0 Å². The van der Waals surface area contributed by atoms with Crippen LogP contribution in [-0.2, 0) is 22.6 Å². The summed E-state index contributed by atoms with van der Waals surface area (Å²) < 4.78 is 5.97. The van der Waals surface area contributed by atoms with E-state index in [-0.39, 0.29) is 18.4 Å². The molecular weight excluding hydrogens is 446 g/mol. The lowest BCUT2D eigenvalue weighted by Crippen LogP contribution is -2.62. The van der Waals surface area contributed by atoms with Gasteiger partial charge in [0, 0.05) is 33.5 Å². The molecular formula is C27H25N3O3S. The summed E-state index contributed by atoms with van der Waals surface area (Å²) in [6.45, 7) is 3.02. The van der Waals surface area contributed by atoms with Gasteiger partial charge in [-0.15, -0.1) is 11.3 Å². The SMILES string of the molecule is CCOc1ccccc1C1c2[nH]c3ccccc3c2C[C@H]2C(=O)N(Cc3cccs3)CC(=O)N12. The number of ether oxygens (including phenoxy) is 1. The average Bonchev–Trinajstić information content (AvgIpc) is 3.49. The summed E-state index contributed by atoms with van der Waals surface area (Å²) in [7, 11) is 0. The van der Waals surface area contributed by atoms with E-state index in [1.165, 1.54) is 0 Å². The van der Waals surface area contributed by atoms with Crippen LogP contribution in [0.4, 0.5) is 0 Å². The smallest absolute Gasteiger partial charge is 0.246 e. The molecule has 2 aliphatic heterocycles. The molecule has 6 rings (SSSR count). The molecule has 2 aromatic carbocycles. The number of aromatic nitrogens is 1. The fourth-order valence-electron chi connectivity index (χ4n) is 5.37. The Hall–Kier alpha value is -3.58. The molecule has 0 saturated carbocycles. The largest absolute Gasteiger partial charge is 0.494 e. The Labute approximate surface area is 201 Å².